The van der Waals surface area contributed by atoms with Crippen LogP contribution in [0.15, 0.2) is 24.3 Å². The van der Waals surface area contributed by atoms with Crippen molar-refractivity contribution in [2.24, 2.45) is 0 Å². The van der Waals surface area contributed by atoms with E-state index in [0.29, 0.717) is 11.6 Å². The lowest BCUT2D eigenvalue weighted by atomic mass is 10.1. The molecule has 2 rings (SSSR count). The Morgan fingerprint density at radius 2 is 2.10 bits per heavy atom. The van der Waals surface area contributed by atoms with Crippen LogP contribution in [-0.2, 0) is 11.3 Å². The van der Waals surface area contributed by atoms with Gasteiger partial charge in [-0.2, -0.15) is 0 Å². The van der Waals surface area contributed by atoms with Gasteiger partial charge in [-0.25, -0.2) is 4.79 Å². The Labute approximate surface area is 121 Å². The highest BCUT2D eigenvalue weighted by Crippen LogP contribution is 2.16. The lowest BCUT2D eigenvalue weighted by Crippen LogP contribution is -2.51. The van der Waals surface area contributed by atoms with Gasteiger partial charge in [0.05, 0.1) is 12.7 Å². The number of likely N-dealkylation sites (N-methyl/N-ethyl adjacent to an activating group) is 1. The van der Waals surface area contributed by atoms with Gasteiger partial charge in [0, 0.05) is 32.2 Å². The van der Waals surface area contributed by atoms with Crippen molar-refractivity contribution < 1.29 is 9.53 Å². The van der Waals surface area contributed by atoms with Gasteiger partial charge in [0.25, 0.3) is 0 Å². The van der Waals surface area contributed by atoms with Gasteiger partial charge < -0.3 is 4.74 Å². The highest BCUT2D eigenvalue weighted by atomic mass is 16.5. The molecule has 1 atom stereocenters. The molecule has 1 aromatic rings. The van der Waals surface area contributed by atoms with Crippen molar-refractivity contribution >= 4 is 5.97 Å². The Bertz CT molecular complexity index is 462. The number of methoxy groups -OCH3 is 1. The summed E-state index contributed by atoms with van der Waals surface area (Å²) in [7, 11) is 1.43. The minimum Gasteiger partial charge on any atom is -0.465 e. The molecule has 0 spiro atoms. The van der Waals surface area contributed by atoms with E-state index in [1.807, 2.05) is 24.3 Å². The molecule has 0 aliphatic carbocycles. The first-order valence-electron chi connectivity index (χ1n) is 7.28. The topological polar surface area (TPSA) is 32.8 Å². The molecule has 4 nitrogen and oxygen atoms in total. The molecule has 1 heterocycles. The average molecular weight is 276 g/mol. The molecule has 1 aromatic carbocycles. The standard InChI is InChI=1S/C16H24N2O2/c1-4-18-10-9-17(11-13(18)2)12-14-7-5-6-8-15(14)16(19)20-3/h5-8,13H,4,9-12H2,1-3H3. The Balaban J connectivity index is 2.06. The molecular weight excluding hydrogens is 252 g/mol. The van der Waals surface area contributed by atoms with Crippen molar-refractivity contribution in [3.05, 3.63) is 35.4 Å². The fourth-order valence-electron chi connectivity index (χ4n) is 2.89. The third-order valence-corrected chi connectivity index (χ3v) is 4.07. The summed E-state index contributed by atoms with van der Waals surface area (Å²) in [6.07, 6.45) is 0. The third-order valence-electron chi connectivity index (χ3n) is 4.07. The van der Waals surface area contributed by atoms with Gasteiger partial charge in [0.15, 0.2) is 0 Å². The molecule has 1 fully saturated rings. The Kier molecular flexibility index (Phi) is 5.15. The highest BCUT2D eigenvalue weighted by molar-refractivity contribution is 5.90. The SMILES string of the molecule is CCN1CCN(Cc2ccccc2C(=O)OC)CC1C. The summed E-state index contributed by atoms with van der Waals surface area (Å²) in [5, 5.41) is 0. The minimum atomic E-state index is -0.249. The number of nitrogens with zero attached hydrogens (tertiary/aromatic N) is 2. The number of rotatable bonds is 4. The maximum absolute atomic E-state index is 11.8. The zero-order valence-electron chi connectivity index (χ0n) is 12.6. The largest absolute Gasteiger partial charge is 0.465 e. The molecule has 110 valence electrons. The van der Waals surface area contributed by atoms with E-state index in [0.717, 1.165) is 38.3 Å². The summed E-state index contributed by atoms with van der Waals surface area (Å²) < 4.78 is 4.86. The van der Waals surface area contributed by atoms with E-state index in [4.69, 9.17) is 4.74 Å². The fourth-order valence-corrected chi connectivity index (χ4v) is 2.89. The Hall–Kier alpha value is -1.39. The smallest absolute Gasteiger partial charge is 0.338 e. The van der Waals surface area contributed by atoms with Crippen molar-refractivity contribution in [2.45, 2.75) is 26.4 Å². The van der Waals surface area contributed by atoms with E-state index in [1.165, 1.54) is 7.11 Å². The van der Waals surface area contributed by atoms with Crippen molar-refractivity contribution in [3.63, 3.8) is 0 Å². The van der Waals surface area contributed by atoms with Crippen LogP contribution in [0.5, 0.6) is 0 Å². The van der Waals surface area contributed by atoms with Crippen LogP contribution >= 0.6 is 0 Å². The lowest BCUT2D eigenvalue weighted by Gasteiger charge is -2.39. The van der Waals surface area contributed by atoms with E-state index in [-0.39, 0.29) is 5.97 Å². The molecule has 1 aliphatic rings. The molecule has 4 heteroatoms. The van der Waals surface area contributed by atoms with Gasteiger partial charge in [0.2, 0.25) is 0 Å². The number of carbonyl (C=O) groups excluding carboxylic acids is 1. The van der Waals surface area contributed by atoms with Gasteiger partial charge >= 0.3 is 5.97 Å². The number of hydrogen-bond donors (Lipinski definition) is 0. The fraction of sp³-hybridized carbons (Fsp3) is 0.562. The van der Waals surface area contributed by atoms with Crippen molar-refractivity contribution in [1.82, 2.24) is 9.80 Å². The van der Waals surface area contributed by atoms with Crippen LogP contribution in [0.25, 0.3) is 0 Å². The first kappa shape index (κ1) is 15.0. The van der Waals surface area contributed by atoms with Gasteiger partial charge in [-0.1, -0.05) is 25.1 Å². The minimum absolute atomic E-state index is 0.249. The van der Waals surface area contributed by atoms with Crippen LogP contribution in [-0.4, -0.2) is 55.1 Å². The van der Waals surface area contributed by atoms with E-state index in [2.05, 4.69) is 23.6 Å². The normalized spacial score (nSPS) is 20.9. The zero-order chi connectivity index (χ0) is 14.5. The maximum Gasteiger partial charge on any atom is 0.338 e. The second kappa shape index (κ2) is 6.86. The molecule has 1 unspecified atom stereocenters. The summed E-state index contributed by atoms with van der Waals surface area (Å²) in [4.78, 5) is 16.7. The first-order chi connectivity index (χ1) is 9.65. The number of ether oxygens (including phenoxy) is 1. The van der Waals surface area contributed by atoms with Crippen LogP contribution in [0, 0.1) is 0 Å². The van der Waals surface area contributed by atoms with Gasteiger partial charge in [-0.15, -0.1) is 0 Å². The predicted octanol–water partition coefficient (Wildman–Crippen LogP) is 2.00. The summed E-state index contributed by atoms with van der Waals surface area (Å²) in [6.45, 7) is 9.58. The maximum atomic E-state index is 11.8. The van der Waals surface area contributed by atoms with E-state index in [9.17, 15) is 4.79 Å². The Morgan fingerprint density at radius 1 is 1.35 bits per heavy atom. The molecule has 20 heavy (non-hydrogen) atoms. The van der Waals surface area contributed by atoms with Crippen molar-refractivity contribution in [1.29, 1.82) is 0 Å². The van der Waals surface area contributed by atoms with E-state index in [1.54, 1.807) is 0 Å². The monoisotopic (exact) mass is 276 g/mol. The first-order valence-corrected chi connectivity index (χ1v) is 7.28. The number of esters is 1. The number of benzene rings is 1. The van der Waals surface area contributed by atoms with E-state index >= 15 is 0 Å². The molecule has 0 bridgehead atoms. The zero-order valence-corrected chi connectivity index (χ0v) is 12.6. The molecule has 0 aromatic heterocycles. The van der Waals surface area contributed by atoms with Gasteiger partial charge in [-0.3, -0.25) is 9.80 Å². The van der Waals surface area contributed by atoms with Crippen LogP contribution in [0.1, 0.15) is 29.8 Å². The van der Waals surface area contributed by atoms with E-state index < -0.39 is 0 Å². The molecule has 0 saturated carbocycles. The van der Waals surface area contributed by atoms with Crippen LogP contribution < -0.4 is 0 Å². The lowest BCUT2D eigenvalue weighted by molar-refractivity contribution is 0.0593. The molecule has 0 radical (unpaired) electrons. The number of piperazine rings is 1. The highest BCUT2D eigenvalue weighted by Gasteiger charge is 2.23. The molecule has 0 N–H and O–H groups in total. The third kappa shape index (κ3) is 3.38. The molecule has 1 saturated heterocycles. The summed E-state index contributed by atoms with van der Waals surface area (Å²) in [6, 6.07) is 8.29. The van der Waals surface area contributed by atoms with Gasteiger partial charge in [0.1, 0.15) is 0 Å². The average Bonchev–Trinajstić information content (AvgIpc) is 2.47. The van der Waals surface area contributed by atoms with Crippen LogP contribution in [0.2, 0.25) is 0 Å². The summed E-state index contributed by atoms with van der Waals surface area (Å²) >= 11 is 0. The number of carbonyl (C=O) groups is 1. The second-order valence-corrected chi connectivity index (χ2v) is 5.36. The predicted molar refractivity (Wildman–Crippen MR) is 79.8 cm³/mol. The molecular formula is C16H24N2O2. The van der Waals surface area contributed by atoms with Crippen LogP contribution in [0.4, 0.5) is 0 Å². The van der Waals surface area contributed by atoms with Crippen molar-refractivity contribution in [2.75, 3.05) is 33.3 Å². The molecule has 1 aliphatic heterocycles. The Morgan fingerprint density at radius 3 is 2.75 bits per heavy atom. The quantitative estimate of drug-likeness (QED) is 0.788. The summed E-state index contributed by atoms with van der Waals surface area (Å²) in [5.74, 6) is -0.249. The van der Waals surface area contributed by atoms with Gasteiger partial charge in [-0.05, 0) is 25.1 Å². The molecule has 0 amide bonds. The second-order valence-electron chi connectivity index (χ2n) is 5.36. The van der Waals surface area contributed by atoms with Crippen LogP contribution in [0.3, 0.4) is 0 Å². The van der Waals surface area contributed by atoms with Crippen molar-refractivity contribution in [3.8, 4) is 0 Å². The number of hydrogen-bond acceptors (Lipinski definition) is 4. The summed E-state index contributed by atoms with van der Waals surface area (Å²) in [5.41, 5.74) is 1.73.